The molecule has 0 aromatic carbocycles. The first-order valence-electron chi connectivity index (χ1n) is 35.6. The fourth-order valence-corrected chi connectivity index (χ4v) is 21.9. The zero-order chi connectivity index (χ0) is 80.7. The van der Waals surface area contributed by atoms with Gasteiger partial charge in [-0.25, -0.2) is 31.1 Å². The summed E-state index contributed by atoms with van der Waals surface area (Å²) >= 11 is 21.6. The zero-order valence-corrected chi connectivity index (χ0v) is 72.6. The summed E-state index contributed by atoms with van der Waals surface area (Å²) in [6.07, 6.45) is 5.06. The Bertz CT molecular complexity index is 5220. The molecule has 0 spiro atoms. The van der Waals surface area contributed by atoms with E-state index in [1.807, 2.05) is 27.7 Å². The summed E-state index contributed by atoms with van der Waals surface area (Å²) < 4.78 is 122. The van der Waals surface area contributed by atoms with E-state index >= 15 is 0 Å². The van der Waals surface area contributed by atoms with Crippen LogP contribution in [0.2, 0.25) is 36.3 Å². The van der Waals surface area contributed by atoms with Gasteiger partial charge in [-0.15, -0.1) is 0 Å². The largest absolute Gasteiger partial charge is 0.407 e. The molecule has 6 fully saturated rings. The van der Waals surface area contributed by atoms with Crippen molar-refractivity contribution in [3.05, 3.63) is 151 Å². The van der Waals surface area contributed by atoms with Gasteiger partial charge in [0.05, 0.1) is 38.6 Å². The number of nitrogens with zero attached hydrogens (tertiary/aromatic N) is 13. The number of fused-ring (bicyclic) bond motifs is 10. The third-order valence-corrected chi connectivity index (χ3v) is 36.5. The summed E-state index contributed by atoms with van der Waals surface area (Å²) in [5.74, 6) is 0.125. The van der Waals surface area contributed by atoms with Crippen LogP contribution in [0.15, 0.2) is 118 Å². The average Bonchev–Trinajstić information content (AvgIpc) is 1.62. The van der Waals surface area contributed by atoms with E-state index in [0.717, 1.165) is 0 Å². The van der Waals surface area contributed by atoms with Crippen molar-refractivity contribution in [2.24, 2.45) is 17.6 Å². The van der Waals surface area contributed by atoms with Crippen LogP contribution >= 0.6 is 39.2 Å². The number of hydrogen-bond acceptors (Lipinski definition) is 28. The third-order valence-electron chi connectivity index (χ3n) is 20.5. The Labute approximate surface area is 661 Å². The van der Waals surface area contributed by atoms with Crippen LogP contribution in [0.1, 0.15) is 101 Å². The van der Waals surface area contributed by atoms with Gasteiger partial charge >= 0.3 is 27.0 Å². The van der Waals surface area contributed by atoms with E-state index in [-0.39, 0.29) is 88.2 Å². The number of aromatic nitrogens is 12. The van der Waals surface area contributed by atoms with Crippen LogP contribution < -0.4 is 28.0 Å². The Kier molecular flexibility index (Phi) is 25.3. The minimum absolute atomic E-state index is 0. The molecule has 0 radical (unpaired) electrons. The zero-order valence-electron chi connectivity index (χ0n) is 63.6. The highest BCUT2D eigenvalue weighted by Crippen LogP contribution is 2.61. The van der Waals surface area contributed by atoms with Gasteiger partial charge in [0.1, 0.15) is 55.4 Å². The van der Waals surface area contributed by atoms with Gasteiger partial charge < -0.3 is 70.8 Å². The summed E-state index contributed by atoms with van der Waals surface area (Å²) in [4.78, 5) is 94.6. The van der Waals surface area contributed by atoms with Crippen molar-refractivity contribution >= 4 is 114 Å². The first-order valence-corrected chi connectivity index (χ1v) is 51.8. The molecule has 4 N–H and O–H groups in total. The van der Waals surface area contributed by atoms with Gasteiger partial charge in [0.25, 0.3) is 22.2 Å². The van der Waals surface area contributed by atoms with E-state index in [1.54, 1.807) is 43.8 Å². The van der Waals surface area contributed by atoms with Gasteiger partial charge in [-0.05, 0) is 92.5 Å². The van der Waals surface area contributed by atoms with Gasteiger partial charge in [-0.3, -0.25) is 73.1 Å². The number of ether oxygens (including phenoxy) is 4. The molecule has 14 rings (SSSR count). The van der Waals surface area contributed by atoms with Crippen LogP contribution in [0.4, 0.5) is 0 Å². The van der Waals surface area contributed by atoms with Gasteiger partial charge in [0.15, 0.2) is 41.5 Å². The first kappa shape index (κ1) is 85.8. The molecule has 111 heavy (non-hydrogen) atoms. The maximum atomic E-state index is 14.0. The van der Waals surface area contributed by atoms with Crippen LogP contribution in [0, 0.1) is 18.4 Å². The monoisotopic (exact) mass is 1730 g/mol. The van der Waals surface area contributed by atoms with Crippen LogP contribution in [0.5, 0.6) is 0 Å². The van der Waals surface area contributed by atoms with E-state index < -0.39 is 148 Å². The summed E-state index contributed by atoms with van der Waals surface area (Å²) in [6.45, 7) is 20.4. The highest BCUT2D eigenvalue weighted by molar-refractivity contribution is 8.44. The van der Waals surface area contributed by atoms with E-state index in [9.17, 15) is 33.5 Å². The fraction of sp³-hybridized carbons (Fsp3) is 0.615. The Morgan fingerprint density at radius 1 is 0.523 bits per heavy atom. The minimum atomic E-state index is -4.19. The lowest BCUT2D eigenvalue weighted by molar-refractivity contribution is -0.0615. The first-order chi connectivity index (χ1) is 51.8. The molecule has 20 atom stereocenters. The van der Waals surface area contributed by atoms with Crippen molar-refractivity contribution < 1.29 is 82.9 Å². The molecule has 4 unspecified atom stereocenters. The van der Waals surface area contributed by atoms with Gasteiger partial charge in [0, 0.05) is 116 Å². The molecular formula is C65H94N14O22P4S4Si2. The van der Waals surface area contributed by atoms with E-state index in [4.69, 9.17) is 116 Å². The summed E-state index contributed by atoms with van der Waals surface area (Å²) in [7, 11) is -5.23. The Balaban J connectivity index is 0.000000195. The average molecular weight is 1730 g/mol. The lowest BCUT2D eigenvalue weighted by Gasteiger charge is -2.41. The molecule has 6 saturated heterocycles. The molecule has 6 aliphatic heterocycles. The SMILES string of the molecule is CC(C)(C)N.C[C@H]1[C@H]2OP(=O)(S)OC[C@H]3O[C@@H](n4ccc(=O)n5ccnc45)[C@H](O[Si](C)(C)C(C)(C)C)[C@@H]3OP(O)(=S)OC[C@H]1O[C@H]2n1ccc(=O)n2ccnc12.[C-]#[N+]CCOP1(=S)OC[C@H]2O[C@@H](n3ccc(=O)n4ccnc34)[C@H](OP(O)(=S)OC[C@H]3O[C@@H](n4ccc(=O)n5ccnc45)[C@H](O[Si](C)(C)C(C)(C)C)[C@@H]3O1)[C@@H]2C. The minimum Gasteiger partial charge on any atom is -0.407 e. The fourth-order valence-electron chi connectivity index (χ4n) is 12.8. The van der Waals surface area contributed by atoms with E-state index in [1.165, 1.54) is 97.6 Å². The molecule has 8 aromatic rings. The number of hydrogen-bond donors (Lipinski definition) is 4. The summed E-state index contributed by atoms with van der Waals surface area (Å²) in [5, 5.41) is -0.522. The van der Waals surface area contributed by atoms with Crippen LogP contribution in [0.3, 0.4) is 0 Å². The van der Waals surface area contributed by atoms with Crippen molar-refractivity contribution in [3.63, 3.8) is 0 Å². The summed E-state index contributed by atoms with van der Waals surface area (Å²) in [5.41, 5.74) is 4.17. The third kappa shape index (κ3) is 18.7. The molecule has 46 heteroatoms. The highest BCUT2D eigenvalue weighted by atomic mass is 32.7. The van der Waals surface area contributed by atoms with Crippen molar-refractivity contribution in [1.82, 2.24) is 55.8 Å². The Morgan fingerprint density at radius 3 is 1.21 bits per heavy atom. The smallest absolute Gasteiger partial charge is 0.386 e. The van der Waals surface area contributed by atoms with Crippen molar-refractivity contribution in [1.29, 1.82) is 0 Å². The summed E-state index contributed by atoms with van der Waals surface area (Å²) in [6, 6.07) is 5.47. The predicted octanol–water partition coefficient (Wildman–Crippen LogP) is 8.66. The van der Waals surface area contributed by atoms with E-state index in [0.29, 0.717) is 5.78 Å². The molecule has 608 valence electrons. The van der Waals surface area contributed by atoms with Crippen molar-refractivity contribution in [2.75, 3.05) is 39.6 Å². The second-order valence-corrected chi connectivity index (χ2v) is 52.6. The lowest BCUT2D eigenvalue weighted by Crippen LogP contribution is -2.49. The van der Waals surface area contributed by atoms with Gasteiger partial charge in [-0.2, -0.15) is 0 Å². The molecule has 14 heterocycles. The second-order valence-electron chi connectivity index (χ2n) is 31.7. The highest BCUT2D eigenvalue weighted by Gasteiger charge is 2.58. The molecule has 0 amide bonds. The van der Waals surface area contributed by atoms with Crippen molar-refractivity contribution in [2.45, 2.75) is 204 Å². The molecule has 0 aliphatic carbocycles. The molecule has 8 aromatic heterocycles. The molecule has 36 nitrogen and oxygen atoms in total. The van der Waals surface area contributed by atoms with Gasteiger partial charge in [-0.1, -0.05) is 67.6 Å². The topological polar surface area (TPSA) is 384 Å². The Hall–Kier alpha value is -4.59. The Morgan fingerprint density at radius 2 is 0.838 bits per heavy atom. The molecule has 0 saturated carbocycles. The predicted molar refractivity (Wildman–Crippen MR) is 424 cm³/mol. The second kappa shape index (κ2) is 32.7. The maximum absolute atomic E-state index is 14.0. The van der Waals surface area contributed by atoms with Crippen molar-refractivity contribution in [3.8, 4) is 0 Å². The number of thiol groups is 1. The molecule has 6 aliphatic rings. The van der Waals surface area contributed by atoms with Crippen LogP contribution in [0.25, 0.3) is 28.0 Å². The molecule has 4 bridgehead atoms. The number of nitrogens with two attached hydrogens (primary N) is 1. The van der Waals surface area contributed by atoms with Crippen LogP contribution in [-0.2, 0) is 108 Å². The number of rotatable bonds is 11. The maximum Gasteiger partial charge on any atom is 0.386 e. The van der Waals surface area contributed by atoms with E-state index in [2.05, 4.69) is 105 Å². The van der Waals surface area contributed by atoms with Gasteiger partial charge in [0.2, 0.25) is 29.7 Å². The van der Waals surface area contributed by atoms with Crippen LogP contribution in [-0.4, -0.2) is 188 Å². The lowest BCUT2D eigenvalue weighted by atomic mass is 10.0. The quantitative estimate of drug-likeness (QED) is 0.0309. The standard InChI is InChI=1S/C32H43N7O11P2S2Si.C29H40N6O11P2S2Si.C4H11N/c1-20-21-18-45-52(54,43-17-12-33-5)49-26-22(19-44-51(42,53)48-25(20)28(46-21)38-13-8-23(40)36-15-10-34-30(36)38)47-29(27(26)50-55(6,7)32(2,3)4)39-14-9-24(41)37-16-11-35-31(37)39;1-17-18-15-40-48(39,50)45-23-19(16-41-47(38,49)44-22(17)25(42-18)34-11-7-20(36)32-13-9-30-27(32)34)43-26(24(23)46-51(5,6)29(2,3)4)35-12-8-21(37)33-14-10-31-28(33)35;1-4(2,3)5/h8-11,13-16,20-22,25-29H,12,17-19H2,1-4,6-7H3,(H,42,53);7-14,17-19,22-26H,15-16H2,1-6H3,(H,38,49)(H,39,50);5H2,1-3H3/t20-,21-,22-,25-,26-,27-,28-,29-,51?,52?;17-,18-,19-,22-,23-,24-,25-,26-,47?,48?;/m11./s1. The normalized spacial score (nSPS) is 33.4. The number of imidazole rings is 4. The molecular weight excluding hydrogens is 1640 g/mol.